The first-order valence-electron chi connectivity index (χ1n) is 5.41. The van der Waals surface area contributed by atoms with Crippen molar-refractivity contribution < 1.29 is 4.74 Å². The normalized spacial score (nSPS) is 9.11. The van der Waals surface area contributed by atoms with E-state index in [9.17, 15) is 0 Å². The van der Waals surface area contributed by atoms with Crippen LogP contribution in [0.5, 0.6) is 5.75 Å². The van der Waals surface area contributed by atoms with Gasteiger partial charge in [0.25, 0.3) is 0 Å². The van der Waals surface area contributed by atoms with Gasteiger partial charge >= 0.3 is 0 Å². The van der Waals surface area contributed by atoms with E-state index in [0.29, 0.717) is 17.9 Å². The number of imidazole rings is 1. The molecule has 88 valence electrons. The predicted molar refractivity (Wildman–Crippen MR) is 66.8 cm³/mol. The molecule has 0 N–H and O–H groups in total. The number of nitriles is 1. The minimum absolute atomic E-state index is 0.295. The molecule has 0 saturated heterocycles. The van der Waals surface area contributed by atoms with E-state index in [2.05, 4.69) is 23.0 Å². The summed E-state index contributed by atoms with van der Waals surface area (Å²) in [5.41, 5.74) is 0.613. The second-order valence-corrected chi connectivity index (χ2v) is 3.56. The minimum atomic E-state index is 0.295. The Hall–Kier alpha value is -2.72. The van der Waals surface area contributed by atoms with Gasteiger partial charge in [0, 0.05) is 18.4 Å². The van der Waals surface area contributed by atoms with Crippen molar-refractivity contribution in [3.8, 4) is 23.8 Å². The molecule has 0 radical (unpaired) electrons. The second kappa shape index (κ2) is 5.56. The molecule has 4 heteroatoms. The molecule has 0 saturated carbocycles. The highest BCUT2D eigenvalue weighted by Crippen LogP contribution is 2.10. The molecular weight excluding hydrogens is 226 g/mol. The first-order valence-corrected chi connectivity index (χ1v) is 5.41. The maximum absolute atomic E-state index is 8.65. The molecule has 4 nitrogen and oxygen atoms in total. The van der Waals surface area contributed by atoms with Gasteiger partial charge in [-0.2, -0.15) is 5.26 Å². The van der Waals surface area contributed by atoms with Gasteiger partial charge in [0.2, 0.25) is 0 Å². The van der Waals surface area contributed by atoms with Gasteiger partial charge in [-0.1, -0.05) is 0 Å². The van der Waals surface area contributed by atoms with Crippen molar-refractivity contribution in [2.45, 2.75) is 6.92 Å². The maximum atomic E-state index is 8.65. The van der Waals surface area contributed by atoms with Gasteiger partial charge in [-0.3, -0.25) is 4.57 Å². The Labute approximate surface area is 105 Å². The van der Waals surface area contributed by atoms with Gasteiger partial charge in [-0.05, 0) is 37.1 Å². The van der Waals surface area contributed by atoms with Crippen molar-refractivity contribution in [1.29, 1.82) is 5.26 Å². The van der Waals surface area contributed by atoms with Crippen LogP contribution in [0.1, 0.15) is 11.4 Å². The Balaban J connectivity index is 1.91. The fourth-order valence-corrected chi connectivity index (χ4v) is 1.36. The van der Waals surface area contributed by atoms with Gasteiger partial charge in [-0.15, -0.1) is 0 Å². The molecule has 0 spiro atoms. The van der Waals surface area contributed by atoms with Crippen LogP contribution in [0.3, 0.4) is 0 Å². The largest absolute Gasteiger partial charge is 0.481 e. The highest BCUT2D eigenvalue weighted by atomic mass is 16.5. The summed E-state index contributed by atoms with van der Waals surface area (Å²) < 4.78 is 7.17. The molecule has 18 heavy (non-hydrogen) atoms. The molecule has 0 atom stereocenters. The van der Waals surface area contributed by atoms with E-state index in [1.54, 1.807) is 41.2 Å². The summed E-state index contributed by atoms with van der Waals surface area (Å²) in [5.74, 6) is 4.44. The van der Waals surface area contributed by atoms with Crippen LogP contribution < -0.4 is 4.74 Å². The lowest BCUT2D eigenvalue weighted by Crippen LogP contribution is -1.96. The fourth-order valence-electron chi connectivity index (χ4n) is 1.36. The van der Waals surface area contributed by atoms with Crippen LogP contribution in [-0.2, 0) is 0 Å². The average molecular weight is 237 g/mol. The van der Waals surface area contributed by atoms with Crippen molar-refractivity contribution >= 4 is 0 Å². The van der Waals surface area contributed by atoms with Crippen molar-refractivity contribution in [2.24, 2.45) is 0 Å². The maximum Gasteiger partial charge on any atom is 0.150 e. The number of rotatable bonds is 2. The molecule has 0 fully saturated rings. The van der Waals surface area contributed by atoms with Crippen LogP contribution in [0.4, 0.5) is 0 Å². The second-order valence-electron chi connectivity index (χ2n) is 3.56. The van der Waals surface area contributed by atoms with E-state index in [1.807, 2.05) is 6.92 Å². The van der Waals surface area contributed by atoms with Crippen LogP contribution in [0, 0.1) is 30.2 Å². The summed E-state index contributed by atoms with van der Waals surface area (Å²) in [6.45, 7) is 2.18. The van der Waals surface area contributed by atoms with Crippen LogP contribution in [0.15, 0.2) is 36.7 Å². The molecule has 1 aromatic heterocycles. The molecule has 1 heterocycles. The minimum Gasteiger partial charge on any atom is -0.481 e. The summed E-state index contributed by atoms with van der Waals surface area (Å²) in [5, 5.41) is 8.65. The lowest BCUT2D eigenvalue weighted by molar-refractivity contribution is 0.370. The highest BCUT2D eigenvalue weighted by Gasteiger charge is 1.93. The van der Waals surface area contributed by atoms with E-state index in [0.717, 1.165) is 5.82 Å². The Morgan fingerprint density at radius 1 is 1.33 bits per heavy atom. The summed E-state index contributed by atoms with van der Waals surface area (Å²) in [7, 11) is 0. The standard InChI is InChI=1S/C14H11N3O/c1-12-16-7-9-17(12)8-2-10-18-14-5-3-13(11-15)4-6-14/h3-7,9H,10H2,1H3. The first kappa shape index (κ1) is 11.8. The van der Waals surface area contributed by atoms with Crippen molar-refractivity contribution in [3.63, 3.8) is 0 Å². The Morgan fingerprint density at radius 2 is 2.11 bits per heavy atom. The summed E-state index contributed by atoms with van der Waals surface area (Å²) in [4.78, 5) is 4.06. The predicted octanol–water partition coefficient (Wildman–Crippen LogP) is 1.95. The average Bonchev–Trinajstić information content (AvgIpc) is 2.81. The number of aromatic nitrogens is 2. The van der Waals surface area contributed by atoms with Crippen LogP contribution in [0.25, 0.3) is 0 Å². The smallest absolute Gasteiger partial charge is 0.150 e. The van der Waals surface area contributed by atoms with E-state index in [1.165, 1.54) is 0 Å². The third-order valence-electron chi connectivity index (χ3n) is 2.32. The molecule has 2 rings (SSSR count). The molecule has 0 aliphatic heterocycles. The fraction of sp³-hybridized carbons (Fsp3) is 0.143. The van der Waals surface area contributed by atoms with Gasteiger partial charge < -0.3 is 4.74 Å². The molecule has 0 bridgehead atoms. The van der Waals surface area contributed by atoms with Crippen LogP contribution in [0.2, 0.25) is 0 Å². The number of ether oxygens (including phenoxy) is 1. The third-order valence-corrected chi connectivity index (χ3v) is 2.32. The number of aryl methyl sites for hydroxylation is 1. The monoisotopic (exact) mass is 237 g/mol. The molecule has 2 aromatic rings. The van der Waals surface area contributed by atoms with Crippen molar-refractivity contribution in [1.82, 2.24) is 9.55 Å². The van der Waals surface area contributed by atoms with Gasteiger partial charge in [0.15, 0.2) is 6.61 Å². The SMILES string of the molecule is Cc1nccn1C#CCOc1ccc(C#N)cc1. The molecule has 1 aromatic carbocycles. The van der Waals surface area contributed by atoms with Crippen LogP contribution >= 0.6 is 0 Å². The van der Waals surface area contributed by atoms with E-state index in [4.69, 9.17) is 10.00 Å². The Morgan fingerprint density at radius 3 is 2.72 bits per heavy atom. The summed E-state index contributed by atoms with van der Waals surface area (Å²) >= 11 is 0. The number of hydrogen-bond donors (Lipinski definition) is 0. The quantitative estimate of drug-likeness (QED) is 0.750. The third kappa shape index (κ3) is 2.90. The van der Waals surface area contributed by atoms with Gasteiger partial charge in [0.05, 0.1) is 11.6 Å². The zero-order chi connectivity index (χ0) is 12.8. The summed E-state index contributed by atoms with van der Waals surface area (Å²) in [6, 6.07) is 11.9. The van der Waals surface area contributed by atoms with E-state index in [-0.39, 0.29) is 0 Å². The van der Waals surface area contributed by atoms with Gasteiger partial charge in [0.1, 0.15) is 11.6 Å². The molecule has 0 amide bonds. The lowest BCUT2D eigenvalue weighted by atomic mass is 10.2. The van der Waals surface area contributed by atoms with Crippen LogP contribution in [-0.4, -0.2) is 16.2 Å². The van der Waals surface area contributed by atoms with Crippen molar-refractivity contribution in [3.05, 3.63) is 48.0 Å². The molecule has 0 aliphatic rings. The number of nitrogens with zero attached hydrogens (tertiary/aromatic N) is 3. The topological polar surface area (TPSA) is 50.8 Å². The molecular formula is C14H11N3O. The van der Waals surface area contributed by atoms with E-state index < -0.39 is 0 Å². The zero-order valence-corrected chi connectivity index (χ0v) is 9.92. The number of benzene rings is 1. The molecule has 0 unspecified atom stereocenters. The lowest BCUT2D eigenvalue weighted by Gasteiger charge is -2.00. The van der Waals surface area contributed by atoms with Crippen molar-refractivity contribution in [2.75, 3.05) is 6.61 Å². The number of hydrogen-bond acceptors (Lipinski definition) is 3. The highest BCUT2D eigenvalue weighted by molar-refractivity contribution is 5.34. The Bertz CT molecular complexity index is 624. The van der Waals surface area contributed by atoms with E-state index >= 15 is 0 Å². The first-order chi connectivity index (χ1) is 8.79. The summed E-state index contributed by atoms with van der Waals surface area (Å²) in [6.07, 6.45) is 3.50. The Kier molecular flexibility index (Phi) is 3.63. The van der Waals surface area contributed by atoms with Gasteiger partial charge in [-0.25, -0.2) is 4.98 Å². The molecule has 0 aliphatic carbocycles. The zero-order valence-electron chi connectivity index (χ0n) is 9.92.